The zero-order chi connectivity index (χ0) is 9.19. The van der Waals surface area contributed by atoms with Crippen molar-refractivity contribution in [2.45, 2.75) is 6.16 Å². The maximum absolute atomic E-state index is 10.8. The normalized spacial score (nSPS) is 11.5. The van der Waals surface area contributed by atoms with Crippen molar-refractivity contribution in [3.63, 3.8) is 0 Å². The smallest absolute Gasteiger partial charge is 0.336 e. The number of rotatable bonds is 2. The molecule has 0 radical (unpaired) electrons. The lowest BCUT2D eigenvalue weighted by atomic mass is 10.5. The Bertz CT molecular complexity index is 323. The van der Waals surface area contributed by atoms with Gasteiger partial charge in [0.1, 0.15) is 6.16 Å². The van der Waals surface area contributed by atoms with E-state index in [0.29, 0.717) is 4.73 Å². The molecule has 0 bridgehead atoms. The molecule has 0 saturated carbocycles. The van der Waals surface area contributed by atoms with Gasteiger partial charge in [-0.15, -0.1) is 0 Å². The molecule has 0 aliphatic carbocycles. The Hall–Kier alpha value is -0.970. The van der Waals surface area contributed by atoms with Crippen molar-refractivity contribution >= 4 is 7.60 Å². The number of nitrogens with zero attached hydrogens (tertiary/aromatic N) is 2. The molecule has 1 heterocycles. The van der Waals surface area contributed by atoms with Gasteiger partial charge in [0.25, 0.3) is 0 Å². The van der Waals surface area contributed by atoms with E-state index in [2.05, 4.69) is 4.98 Å². The van der Waals surface area contributed by atoms with E-state index in [4.69, 9.17) is 9.79 Å². The molecule has 1 aromatic heterocycles. The van der Waals surface area contributed by atoms with Crippen molar-refractivity contribution in [3.05, 3.63) is 29.5 Å². The van der Waals surface area contributed by atoms with Gasteiger partial charge in [-0.3, -0.25) is 9.55 Å². The monoisotopic (exact) mass is 190 g/mol. The third-order valence-corrected chi connectivity index (χ3v) is 1.90. The Labute approximate surface area is 68.2 Å². The molecule has 1 rings (SSSR count). The summed E-state index contributed by atoms with van der Waals surface area (Å²) in [7, 11) is -4.18. The third kappa shape index (κ3) is 2.58. The topological polar surface area (TPSA) is 97.4 Å². The van der Waals surface area contributed by atoms with Gasteiger partial charge in [0, 0.05) is 0 Å². The lowest BCUT2D eigenvalue weighted by molar-refractivity contribution is -0.613. The highest BCUT2D eigenvalue weighted by Crippen LogP contribution is 2.37. The van der Waals surface area contributed by atoms with Crippen LogP contribution >= 0.6 is 7.60 Å². The van der Waals surface area contributed by atoms with Crippen LogP contribution in [0.2, 0.25) is 0 Å². The number of hydrogen-bond acceptors (Lipinski definition) is 3. The lowest BCUT2D eigenvalue weighted by Crippen LogP contribution is -2.31. The summed E-state index contributed by atoms with van der Waals surface area (Å²) in [5.41, 5.74) is -0.0363. The predicted octanol–water partition coefficient (Wildman–Crippen LogP) is -0.607. The van der Waals surface area contributed by atoms with Gasteiger partial charge in [-0.2, -0.15) is 4.73 Å². The van der Waals surface area contributed by atoms with Crippen molar-refractivity contribution in [2.24, 2.45) is 0 Å². The van der Waals surface area contributed by atoms with Crippen LogP contribution in [0.4, 0.5) is 0 Å². The molecule has 2 N–H and O–H groups in total. The summed E-state index contributed by atoms with van der Waals surface area (Å²) in [4.78, 5) is 20.6. The van der Waals surface area contributed by atoms with Crippen LogP contribution in [0.3, 0.4) is 0 Å². The van der Waals surface area contributed by atoms with Crippen LogP contribution in [0.15, 0.2) is 18.6 Å². The Balaban J connectivity index is 2.90. The summed E-state index contributed by atoms with van der Waals surface area (Å²) in [5, 5.41) is 10.8. The van der Waals surface area contributed by atoms with E-state index in [1.807, 2.05) is 0 Å². The zero-order valence-electron chi connectivity index (χ0n) is 5.99. The average Bonchev–Trinajstić information content (AvgIpc) is 1.91. The quantitative estimate of drug-likeness (QED) is 0.368. The SMILES string of the molecule is O=P(O)(O)Cc1cncc[n+]1[O-]. The summed E-state index contributed by atoms with van der Waals surface area (Å²) in [6.07, 6.45) is 2.89. The summed E-state index contributed by atoms with van der Waals surface area (Å²) in [6.45, 7) is 0. The van der Waals surface area contributed by atoms with Gasteiger partial charge in [0.05, 0.1) is 12.4 Å². The molecule has 12 heavy (non-hydrogen) atoms. The van der Waals surface area contributed by atoms with E-state index in [1.54, 1.807) is 0 Å². The molecule has 66 valence electrons. The molecule has 0 aliphatic rings. The fourth-order valence-corrected chi connectivity index (χ4v) is 1.35. The van der Waals surface area contributed by atoms with E-state index < -0.39 is 13.8 Å². The average molecular weight is 190 g/mol. The molecule has 0 aromatic carbocycles. The summed E-state index contributed by atoms with van der Waals surface area (Å²) < 4.78 is 10.8. The largest absolute Gasteiger partial charge is 0.618 e. The first kappa shape index (κ1) is 9.12. The zero-order valence-corrected chi connectivity index (χ0v) is 6.89. The maximum Gasteiger partial charge on any atom is 0.336 e. The molecule has 6 nitrogen and oxygen atoms in total. The summed E-state index contributed by atoms with van der Waals surface area (Å²) in [5.74, 6) is 0. The fraction of sp³-hybridized carbons (Fsp3) is 0.200. The minimum Gasteiger partial charge on any atom is -0.618 e. The molecule has 0 unspecified atom stereocenters. The minimum absolute atomic E-state index is 0.0363. The molecule has 0 aliphatic heterocycles. The molecule has 0 fully saturated rings. The molecule has 0 amide bonds. The van der Waals surface area contributed by atoms with E-state index in [1.165, 1.54) is 6.20 Å². The molecule has 0 spiro atoms. The summed E-state index contributed by atoms with van der Waals surface area (Å²) in [6, 6.07) is 0. The van der Waals surface area contributed by atoms with E-state index in [-0.39, 0.29) is 5.69 Å². The van der Waals surface area contributed by atoms with Crippen LogP contribution in [0.1, 0.15) is 5.69 Å². The predicted molar refractivity (Wildman–Crippen MR) is 38.9 cm³/mol. The first-order chi connectivity index (χ1) is 5.49. The van der Waals surface area contributed by atoms with Crippen LogP contribution in [-0.4, -0.2) is 14.8 Å². The molecule has 1 aromatic rings. The standard InChI is InChI=1S/C5H7N2O4P/c8-7-2-1-6-3-5(7)4-12(9,10)11/h1-3H,4H2,(H2,9,10,11). The van der Waals surface area contributed by atoms with Crippen molar-refractivity contribution in [3.8, 4) is 0 Å². The Morgan fingerprint density at radius 3 is 2.83 bits per heavy atom. The molecule has 0 atom stereocenters. The van der Waals surface area contributed by atoms with E-state index in [0.717, 1.165) is 12.4 Å². The highest BCUT2D eigenvalue weighted by molar-refractivity contribution is 7.50. The van der Waals surface area contributed by atoms with Crippen LogP contribution in [-0.2, 0) is 10.7 Å². The third-order valence-electron chi connectivity index (χ3n) is 1.16. The molecular weight excluding hydrogens is 183 g/mol. The maximum atomic E-state index is 10.8. The summed E-state index contributed by atoms with van der Waals surface area (Å²) >= 11 is 0. The van der Waals surface area contributed by atoms with Gasteiger partial charge in [-0.05, 0) is 0 Å². The second-order valence-corrected chi connectivity index (χ2v) is 3.86. The lowest BCUT2D eigenvalue weighted by Gasteiger charge is -2.03. The van der Waals surface area contributed by atoms with Crippen molar-refractivity contribution in [2.75, 3.05) is 0 Å². The first-order valence-corrected chi connectivity index (χ1v) is 4.85. The highest BCUT2D eigenvalue weighted by atomic mass is 31.2. The Morgan fingerprint density at radius 2 is 2.33 bits per heavy atom. The van der Waals surface area contributed by atoms with Crippen LogP contribution in [0, 0.1) is 5.21 Å². The second-order valence-electron chi connectivity index (χ2n) is 2.22. The van der Waals surface area contributed by atoms with Gasteiger partial charge in [-0.1, -0.05) is 0 Å². The van der Waals surface area contributed by atoms with Gasteiger partial charge >= 0.3 is 7.60 Å². The van der Waals surface area contributed by atoms with Crippen LogP contribution in [0.5, 0.6) is 0 Å². The van der Waals surface area contributed by atoms with E-state index in [9.17, 15) is 9.77 Å². The minimum atomic E-state index is -4.18. The van der Waals surface area contributed by atoms with Crippen LogP contribution < -0.4 is 4.73 Å². The van der Waals surface area contributed by atoms with Crippen molar-refractivity contribution in [1.82, 2.24) is 4.98 Å². The Morgan fingerprint density at radius 1 is 1.67 bits per heavy atom. The highest BCUT2D eigenvalue weighted by Gasteiger charge is 2.19. The molecule has 0 saturated heterocycles. The number of aromatic nitrogens is 2. The van der Waals surface area contributed by atoms with Gasteiger partial charge in [0.2, 0.25) is 5.69 Å². The van der Waals surface area contributed by atoms with Crippen molar-refractivity contribution in [1.29, 1.82) is 0 Å². The number of hydrogen-bond donors (Lipinski definition) is 2. The van der Waals surface area contributed by atoms with Gasteiger partial charge in [0.15, 0.2) is 6.20 Å². The van der Waals surface area contributed by atoms with E-state index >= 15 is 0 Å². The van der Waals surface area contributed by atoms with Gasteiger partial charge in [-0.25, -0.2) is 0 Å². The Kier molecular flexibility index (Phi) is 2.42. The van der Waals surface area contributed by atoms with Gasteiger partial charge < -0.3 is 15.0 Å². The second kappa shape index (κ2) is 3.18. The molecule has 7 heteroatoms. The van der Waals surface area contributed by atoms with Crippen molar-refractivity contribution < 1.29 is 19.1 Å². The van der Waals surface area contributed by atoms with Crippen LogP contribution in [0.25, 0.3) is 0 Å². The first-order valence-electron chi connectivity index (χ1n) is 3.06. The molecular formula is C5H7N2O4P. The fourth-order valence-electron chi connectivity index (χ4n) is 0.702.